The first kappa shape index (κ1) is 34.4. The third-order valence-corrected chi connectivity index (χ3v) is 9.48. The molecule has 0 spiro atoms. The third kappa shape index (κ3) is 8.40. The molecule has 0 radical (unpaired) electrons. The van der Waals surface area contributed by atoms with E-state index in [1.807, 2.05) is 24.3 Å². The van der Waals surface area contributed by atoms with Gasteiger partial charge in [0.15, 0.2) is 0 Å². The van der Waals surface area contributed by atoms with Gasteiger partial charge < -0.3 is 18.9 Å². The molecule has 5 nitrogen and oxygen atoms in total. The molecule has 0 aliphatic heterocycles. The first-order chi connectivity index (χ1) is 21.8. The van der Waals surface area contributed by atoms with Crippen LogP contribution in [0.4, 0.5) is 0 Å². The molecule has 4 aromatic rings. The highest BCUT2D eigenvalue weighted by Gasteiger charge is 2.37. The summed E-state index contributed by atoms with van der Waals surface area (Å²) in [7, 11) is 5.26. The molecule has 5 heteroatoms. The van der Waals surface area contributed by atoms with Gasteiger partial charge in [0.1, 0.15) is 0 Å². The predicted molar refractivity (Wildman–Crippen MR) is 184 cm³/mol. The van der Waals surface area contributed by atoms with Gasteiger partial charge >= 0.3 is 5.97 Å². The minimum atomic E-state index is -0.208. The van der Waals surface area contributed by atoms with Gasteiger partial charge in [-0.25, -0.2) is 0 Å². The Labute approximate surface area is 269 Å². The molecule has 0 N–H and O–H groups in total. The van der Waals surface area contributed by atoms with Crippen molar-refractivity contribution in [1.82, 2.24) is 0 Å². The molecule has 240 valence electrons. The summed E-state index contributed by atoms with van der Waals surface area (Å²) in [5.74, 6) is 0.0423. The van der Waals surface area contributed by atoms with Crippen LogP contribution >= 0.6 is 0 Å². The number of hydrogen-bond donors (Lipinski definition) is 0. The van der Waals surface area contributed by atoms with Crippen molar-refractivity contribution in [3.05, 3.63) is 108 Å². The van der Waals surface area contributed by atoms with Gasteiger partial charge in [0, 0.05) is 39.1 Å². The normalized spacial score (nSPS) is 16.2. The zero-order chi connectivity index (χ0) is 32.3. The Morgan fingerprint density at radius 1 is 0.733 bits per heavy atom. The first-order valence-electron chi connectivity index (χ1n) is 16.2. The first-order valence-corrected chi connectivity index (χ1v) is 16.2. The van der Waals surface area contributed by atoms with E-state index in [-0.39, 0.29) is 48.5 Å². The fourth-order valence-electron chi connectivity index (χ4n) is 7.00. The summed E-state index contributed by atoms with van der Waals surface area (Å²) in [6.45, 7) is 8.96. The van der Waals surface area contributed by atoms with Crippen molar-refractivity contribution in [2.45, 2.75) is 65.3 Å². The molecule has 0 heterocycles. The molecular formula is C40H50O5. The van der Waals surface area contributed by atoms with E-state index in [2.05, 4.69) is 94.4 Å². The minimum Gasteiger partial charge on any atom is -0.465 e. The van der Waals surface area contributed by atoms with E-state index in [4.69, 9.17) is 18.9 Å². The Morgan fingerprint density at radius 2 is 1.31 bits per heavy atom. The Morgan fingerprint density at radius 3 is 1.89 bits per heavy atom. The van der Waals surface area contributed by atoms with E-state index >= 15 is 0 Å². The summed E-state index contributed by atoms with van der Waals surface area (Å²) < 4.78 is 23.7. The van der Waals surface area contributed by atoms with E-state index in [0.717, 1.165) is 24.0 Å². The van der Waals surface area contributed by atoms with Gasteiger partial charge in [-0.05, 0) is 58.5 Å². The van der Waals surface area contributed by atoms with Gasteiger partial charge in [-0.1, -0.05) is 111 Å². The van der Waals surface area contributed by atoms with E-state index in [0.29, 0.717) is 6.61 Å². The molecule has 0 fully saturated rings. The molecule has 0 amide bonds. The van der Waals surface area contributed by atoms with Crippen molar-refractivity contribution >= 4 is 27.5 Å². The van der Waals surface area contributed by atoms with E-state index in [9.17, 15) is 4.79 Å². The number of carbonyl (C=O) groups is 1. The van der Waals surface area contributed by atoms with Gasteiger partial charge in [0.2, 0.25) is 0 Å². The van der Waals surface area contributed by atoms with Crippen LogP contribution in [0.2, 0.25) is 0 Å². The molecule has 4 rings (SSSR count). The van der Waals surface area contributed by atoms with Gasteiger partial charge in [0.25, 0.3) is 0 Å². The van der Waals surface area contributed by atoms with Crippen LogP contribution in [0.3, 0.4) is 0 Å². The van der Waals surface area contributed by atoms with Crippen LogP contribution in [-0.4, -0.2) is 46.1 Å². The predicted octanol–water partition coefficient (Wildman–Crippen LogP) is 9.13. The van der Waals surface area contributed by atoms with Crippen LogP contribution in [0.1, 0.15) is 57.8 Å². The van der Waals surface area contributed by atoms with Crippen LogP contribution in [0.5, 0.6) is 0 Å². The van der Waals surface area contributed by atoms with Crippen LogP contribution in [0, 0.1) is 17.8 Å². The molecule has 0 bridgehead atoms. The van der Waals surface area contributed by atoms with Crippen molar-refractivity contribution in [2.24, 2.45) is 17.8 Å². The van der Waals surface area contributed by atoms with Crippen molar-refractivity contribution < 1.29 is 23.7 Å². The summed E-state index contributed by atoms with van der Waals surface area (Å²) in [6.07, 6.45) is 3.54. The fourth-order valence-corrected chi connectivity index (χ4v) is 7.00. The number of esters is 1. The number of carbonyl (C=O) groups excluding carboxylic acids is 1. The van der Waals surface area contributed by atoms with E-state index in [1.165, 1.54) is 27.1 Å². The maximum absolute atomic E-state index is 12.7. The Bertz CT molecular complexity index is 1490. The quantitative estimate of drug-likeness (QED) is 0.0548. The molecule has 45 heavy (non-hydrogen) atoms. The molecule has 0 saturated heterocycles. The lowest BCUT2D eigenvalue weighted by Crippen LogP contribution is -2.42. The number of hydrogen-bond acceptors (Lipinski definition) is 5. The van der Waals surface area contributed by atoms with E-state index < -0.39 is 0 Å². The monoisotopic (exact) mass is 610 g/mol. The standard InChI is InChI=1S/C40H50O5/c1-27(28(2)38(42-5)29(3)39(43-6)30(4)40(44-7)31-16-9-8-10-17-31)23-24-37(41)45-25-15-22-36-34-20-13-11-18-32(34)26-33-19-12-14-21-35(33)36/h8-14,16-21,23,26,28-30,38-40H,15,22,24-25H2,1-7H3/b27-23+/t28-,29-,30-,38+,39+,40+/m1/s1. The molecular weight excluding hydrogens is 560 g/mol. The largest absolute Gasteiger partial charge is 0.465 e. The maximum atomic E-state index is 12.7. The second-order valence-corrected chi connectivity index (χ2v) is 12.2. The lowest BCUT2D eigenvalue weighted by Gasteiger charge is -2.38. The molecule has 0 unspecified atom stereocenters. The van der Waals surface area contributed by atoms with Gasteiger partial charge in [-0.15, -0.1) is 0 Å². The summed E-state index contributed by atoms with van der Waals surface area (Å²) in [5.41, 5.74) is 3.54. The zero-order valence-corrected chi connectivity index (χ0v) is 28.0. The van der Waals surface area contributed by atoms with Crippen LogP contribution in [0.25, 0.3) is 21.5 Å². The lowest BCUT2D eigenvalue weighted by atomic mass is 9.79. The third-order valence-electron chi connectivity index (χ3n) is 9.48. The van der Waals surface area contributed by atoms with Crippen molar-refractivity contribution in [3.8, 4) is 0 Å². The van der Waals surface area contributed by atoms with Gasteiger partial charge in [-0.2, -0.15) is 0 Å². The maximum Gasteiger partial charge on any atom is 0.309 e. The molecule has 0 aliphatic rings. The Balaban J connectivity index is 1.33. The second-order valence-electron chi connectivity index (χ2n) is 12.2. The molecule has 4 aromatic carbocycles. The van der Waals surface area contributed by atoms with Gasteiger partial charge in [0.05, 0.1) is 31.3 Å². The number of fused-ring (bicyclic) bond motifs is 2. The molecule has 0 aliphatic carbocycles. The molecule has 0 aromatic heterocycles. The van der Waals surface area contributed by atoms with Crippen molar-refractivity contribution in [1.29, 1.82) is 0 Å². The summed E-state index contributed by atoms with van der Waals surface area (Å²) in [5, 5.41) is 5.00. The minimum absolute atomic E-state index is 0.0758. The average Bonchev–Trinajstić information content (AvgIpc) is 3.06. The fraction of sp³-hybridized carbons (Fsp3) is 0.425. The zero-order valence-electron chi connectivity index (χ0n) is 28.0. The SMILES string of the molecule is CO[C@H]([C@@H](C)[C@H](OC)c1ccccc1)[C@H](C)[C@@H](OC)[C@H](C)/C(C)=C/CC(=O)OCCCc1c2ccccc2cc2ccccc12. The second kappa shape index (κ2) is 16.7. The average molecular weight is 611 g/mol. The smallest absolute Gasteiger partial charge is 0.309 e. The summed E-state index contributed by atoms with van der Waals surface area (Å²) in [6, 6.07) is 29.5. The number of benzene rings is 4. The van der Waals surface area contributed by atoms with Crippen LogP contribution in [0.15, 0.2) is 96.6 Å². The Hall–Kier alpha value is -3.51. The number of rotatable bonds is 16. The molecule has 6 atom stereocenters. The number of methoxy groups -OCH3 is 3. The van der Waals surface area contributed by atoms with Crippen LogP contribution < -0.4 is 0 Å². The van der Waals surface area contributed by atoms with Crippen LogP contribution in [-0.2, 0) is 30.2 Å². The number of aryl methyl sites for hydroxylation is 1. The lowest BCUT2D eigenvalue weighted by molar-refractivity contribution is -0.142. The van der Waals surface area contributed by atoms with Gasteiger partial charge in [-0.3, -0.25) is 4.79 Å². The highest BCUT2D eigenvalue weighted by atomic mass is 16.5. The molecule has 0 saturated carbocycles. The summed E-state index contributed by atoms with van der Waals surface area (Å²) in [4.78, 5) is 12.7. The highest BCUT2D eigenvalue weighted by Crippen LogP contribution is 2.36. The number of ether oxygens (including phenoxy) is 4. The Kier molecular flexibility index (Phi) is 12.8. The van der Waals surface area contributed by atoms with E-state index in [1.54, 1.807) is 21.3 Å². The summed E-state index contributed by atoms with van der Waals surface area (Å²) >= 11 is 0. The highest BCUT2D eigenvalue weighted by molar-refractivity contribution is 6.02. The topological polar surface area (TPSA) is 54.0 Å². The van der Waals surface area contributed by atoms with Crippen molar-refractivity contribution in [3.63, 3.8) is 0 Å². The van der Waals surface area contributed by atoms with Crippen molar-refractivity contribution in [2.75, 3.05) is 27.9 Å².